The van der Waals surface area contributed by atoms with Gasteiger partial charge in [0.05, 0.1) is 11.0 Å². The van der Waals surface area contributed by atoms with Crippen LogP contribution in [-0.4, -0.2) is 29.6 Å². The van der Waals surface area contributed by atoms with Crippen molar-refractivity contribution in [3.63, 3.8) is 0 Å². The number of nitrogens with zero attached hydrogens (tertiary/aromatic N) is 2. The van der Waals surface area contributed by atoms with Gasteiger partial charge < -0.3 is 10.3 Å². The van der Waals surface area contributed by atoms with Crippen molar-refractivity contribution in [2.45, 2.75) is 5.16 Å². The minimum atomic E-state index is -3.77. The zero-order valence-corrected chi connectivity index (χ0v) is 9.94. The zero-order chi connectivity index (χ0) is 12.6. The van der Waals surface area contributed by atoms with E-state index in [0.717, 1.165) is 0 Å². The van der Waals surface area contributed by atoms with Crippen molar-refractivity contribution >= 4 is 26.8 Å². The van der Waals surface area contributed by atoms with Crippen LogP contribution in [0.1, 0.15) is 0 Å². The first-order chi connectivity index (χ1) is 7.92. The van der Waals surface area contributed by atoms with E-state index < -0.39 is 21.5 Å². The maximum Gasteiger partial charge on any atom is 0.233 e. The van der Waals surface area contributed by atoms with Gasteiger partial charge in [0.2, 0.25) is 20.9 Å². The quantitative estimate of drug-likeness (QED) is 0.821. The Hall–Kier alpha value is -1.89. The van der Waals surface area contributed by atoms with E-state index in [4.69, 9.17) is 5.73 Å². The van der Waals surface area contributed by atoms with Crippen molar-refractivity contribution < 1.29 is 13.2 Å². The highest BCUT2D eigenvalue weighted by atomic mass is 32.2. The molecule has 2 N–H and O–H groups in total. The second-order valence-electron chi connectivity index (χ2n) is 3.67. The molecule has 0 unspecified atom stereocenters. The van der Waals surface area contributed by atoms with Gasteiger partial charge in [-0.15, -0.1) is 0 Å². The lowest BCUT2D eigenvalue weighted by molar-refractivity contribution is -0.115. The number of hydrogen-bond acceptors (Lipinski definition) is 4. The number of fused-ring (bicyclic) bond motifs is 1. The van der Waals surface area contributed by atoms with Crippen molar-refractivity contribution in [2.24, 2.45) is 12.8 Å². The average molecular weight is 253 g/mol. The van der Waals surface area contributed by atoms with E-state index in [9.17, 15) is 13.2 Å². The number of aryl methyl sites for hydroxylation is 1. The molecular weight excluding hydrogens is 242 g/mol. The summed E-state index contributed by atoms with van der Waals surface area (Å²) in [5.74, 6) is -1.62. The smallest absolute Gasteiger partial charge is 0.233 e. The highest BCUT2D eigenvalue weighted by Gasteiger charge is 2.24. The summed E-state index contributed by atoms with van der Waals surface area (Å²) < 4.78 is 25.1. The van der Waals surface area contributed by atoms with Crippen molar-refractivity contribution in [3.05, 3.63) is 24.3 Å². The maximum absolute atomic E-state index is 11.8. The Morgan fingerprint density at radius 1 is 1.41 bits per heavy atom. The number of aromatic nitrogens is 2. The molecule has 0 aliphatic carbocycles. The molecule has 2 aromatic rings. The highest BCUT2D eigenvalue weighted by molar-refractivity contribution is 7.92. The van der Waals surface area contributed by atoms with Crippen LogP contribution in [0.3, 0.4) is 0 Å². The Labute approximate surface area is 98.0 Å². The van der Waals surface area contributed by atoms with Gasteiger partial charge >= 0.3 is 0 Å². The number of nitrogens with two attached hydrogens (primary N) is 1. The summed E-state index contributed by atoms with van der Waals surface area (Å²) in [6.07, 6.45) is 0. The fourth-order valence-corrected chi connectivity index (χ4v) is 2.91. The molecule has 0 saturated carbocycles. The number of benzene rings is 1. The van der Waals surface area contributed by atoms with E-state index in [2.05, 4.69) is 4.98 Å². The van der Waals surface area contributed by atoms with Crippen LogP contribution in [0.25, 0.3) is 11.0 Å². The second-order valence-corrected chi connectivity index (χ2v) is 5.55. The number of para-hydroxylation sites is 2. The van der Waals surface area contributed by atoms with E-state index in [0.29, 0.717) is 11.0 Å². The fraction of sp³-hybridized carbons (Fsp3) is 0.200. The van der Waals surface area contributed by atoms with Gasteiger partial charge in [-0.25, -0.2) is 13.4 Å². The van der Waals surface area contributed by atoms with Crippen LogP contribution in [0, 0.1) is 0 Å². The zero-order valence-electron chi connectivity index (χ0n) is 9.12. The molecule has 0 saturated heterocycles. The van der Waals surface area contributed by atoms with Crippen molar-refractivity contribution in [2.75, 3.05) is 5.75 Å². The number of hydrogen-bond donors (Lipinski definition) is 1. The minimum absolute atomic E-state index is 0.141. The second kappa shape index (κ2) is 3.85. The highest BCUT2D eigenvalue weighted by Crippen LogP contribution is 2.18. The molecule has 0 atom stereocenters. The molecule has 1 aromatic heterocycles. The Morgan fingerprint density at radius 2 is 2.06 bits per heavy atom. The topological polar surface area (TPSA) is 95.0 Å². The number of sulfone groups is 1. The van der Waals surface area contributed by atoms with E-state index in [1.54, 1.807) is 31.3 Å². The Morgan fingerprint density at radius 3 is 2.65 bits per heavy atom. The lowest BCUT2D eigenvalue weighted by Gasteiger charge is -2.01. The van der Waals surface area contributed by atoms with Crippen LogP contribution in [-0.2, 0) is 21.7 Å². The number of carbonyl (C=O) groups excluding carboxylic acids is 1. The van der Waals surface area contributed by atoms with E-state index in [1.807, 2.05) is 0 Å². The first kappa shape index (κ1) is 11.6. The lowest BCUT2D eigenvalue weighted by atomic mass is 10.3. The Kier molecular flexibility index (Phi) is 2.62. The monoisotopic (exact) mass is 253 g/mol. The summed E-state index contributed by atoms with van der Waals surface area (Å²) in [6.45, 7) is 0. The summed E-state index contributed by atoms with van der Waals surface area (Å²) in [4.78, 5) is 14.7. The molecule has 0 bridgehead atoms. The van der Waals surface area contributed by atoms with Gasteiger partial charge in [0.25, 0.3) is 0 Å². The molecule has 2 rings (SSSR count). The van der Waals surface area contributed by atoms with Crippen LogP contribution < -0.4 is 5.73 Å². The molecule has 17 heavy (non-hydrogen) atoms. The first-order valence-electron chi connectivity index (χ1n) is 4.84. The van der Waals surface area contributed by atoms with Crippen molar-refractivity contribution in [1.29, 1.82) is 0 Å². The molecule has 1 amide bonds. The van der Waals surface area contributed by atoms with Gasteiger partial charge in [-0.2, -0.15) is 0 Å². The number of amides is 1. The van der Waals surface area contributed by atoms with Gasteiger partial charge in [0, 0.05) is 7.05 Å². The molecule has 0 radical (unpaired) electrons. The van der Waals surface area contributed by atoms with Gasteiger partial charge in [0.1, 0.15) is 5.75 Å². The summed E-state index contributed by atoms with van der Waals surface area (Å²) in [6, 6.07) is 7.01. The molecule has 90 valence electrons. The number of carbonyl (C=O) groups is 1. The van der Waals surface area contributed by atoms with Crippen LogP contribution >= 0.6 is 0 Å². The Balaban J connectivity index is 2.64. The van der Waals surface area contributed by atoms with Gasteiger partial charge in [-0.3, -0.25) is 4.79 Å². The summed E-state index contributed by atoms with van der Waals surface area (Å²) in [5.41, 5.74) is 6.16. The standard InChI is InChI=1S/C10H11N3O3S/c1-13-8-5-3-2-4-7(8)12-10(13)17(15,16)6-9(11)14/h2-5H,6H2,1H3,(H2,11,14). The van der Waals surface area contributed by atoms with Gasteiger partial charge in [-0.1, -0.05) is 12.1 Å². The minimum Gasteiger partial charge on any atom is -0.369 e. The third-order valence-corrected chi connectivity index (χ3v) is 3.94. The first-order valence-corrected chi connectivity index (χ1v) is 6.49. The van der Waals surface area contributed by atoms with Crippen molar-refractivity contribution in [1.82, 2.24) is 9.55 Å². The molecule has 0 aliphatic heterocycles. The van der Waals surface area contributed by atoms with Crippen LogP contribution in [0.2, 0.25) is 0 Å². The van der Waals surface area contributed by atoms with Crippen LogP contribution in [0.15, 0.2) is 29.4 Å². The van der Waals surface area contributed by atoms with E-state index in [-0.39, 0.29) is 5.16 Å². The van der Waals surface area contributed by atoms with Crippen molar-refractivity contribution in [3.8, 4) is 0 Å². The third-order valence-electron chi connectivity index (χ3n) is 2.36. The predicted octanol–water partition coefficient (Wildman–Crippen LogP) is -0.168. The molecule has 0 spiro atoms. The maximum atomic E-state index is 11.8. The molecule has 1 heterocycles. The summed E-state index contributed by atoms with van der Waals surface area (Å²) in [7, 11) is -2.19. The molecule has 0 fully saturated rings. The normalized spacial score (nSPS) is 11.8. The third kappa shape index (κ3) is 2.01. The Bertz CT molecular complexity index is 688. The van der Waals surface area contributed by atoms with E-state index >= 15 is 0 Å². The largest absolute Gasteiger partial charge is 0.369 e. The van der Waals surface area contributed by atoms with Crippen LogP contribution in [0.5, 0.6) is 0 Å². The molecular formula is C10H11N3O3S. The number of rotatable bonds is 3. The van der Waals surface area contributed by atoms with E-state index in [1.165, 1.54) is 4.57 Å². The lowest BCUT2D eigenvalue weighted by Crippen LogP contribution is -2.25. The molecule has 1 aromatic carbocycles. The average Bonchev–Trinajstić information content (AvgIpc) is 2.56. The molecule has 0 aliphatic rings. The molecule has 6 nitrogen and oxygen atoms in total. The number of imidazole rings is 1. The number of primary amides is 1. The molecule has 7 heteroatoms. The SMILES string of the molecule is Cn1c(S(=O)(=O)CC(N)=O)nc2ccccc21. The van der Waals surface area contributed by atoms with Gasteiger partial charge in [-0.05, 0) is 12.1 Å². The summed E-state index contributed by atoms with van der Waals surface area (Å²) in [5, 5.41) is -0.141. The summed E-state index contributed by atoms with van der Waals surface area (Å²) >= 11 is 0. The predicted molar refractivity (Wildman–Crippen MR) is 62.0 cm³/mol. The fourth-order valence-electron chi connectivity index (χ4n) is 1.65. The van der Waals surface area contributed by atoms with Crippen LogP contribution in [0.4, 0.5) is 0 Å². The van der Waals surface area contributed by atoms with Gasteiger partial charge in [0.15, 0.2) is 0 Å².